The average molecular weight is 368 g/mol. The van der Waals surface area contributed by atoms with Gasteiger partial charge in [0.2, 0.25) is 0 Å². The molecule has 3 nitrogen and oxygen atoms in total. The number of ether oxygens (including phenoxy) is 1. The predicted molar refractivity (Wildman–Crippen MR) is 103 cm³/mol. The number of hydrogen-bond donors (Lipinski definition) is 0. The van der Waals surface area contributed by atoms with Crippen molar-refractivity contribution < 1.29 is 9.13 Å². The van der Waals surface area contributed by atoms with E-state index in [1.807, 2.05) is 23.7 Å². The lowest BCUT2D eigenvalue weighted by Crippen LogP contribution is -2.34. The second-order valence-electron chi connectivity index (χ2n) is 6.76. The van der Waals surface area contributed by atoms with Crippen LogP contribution in [0.2, 0.25) is 0 Å². The van der Waals surface area contributed by atoms with Gasteiger partial charge < -0.3 is 4.74 Å². The van der Waals surface area contributed by atoms with Gasteiger partial charge in [0.1, 0.15) is 18.2 Å². The van der Waals surface area contributed by atoms with Crippen LogP contribution in [0.5, 0.6) is 5.75 Å². The molecular weight excluding hydrogens is 347 g/mol. The van der Waals surface area contributed by atoms with Crippen molar-refractivity contribution in [2.24, 2.45) is 0 Å². The van der Waals surface area contributed by atoms with Crippen molar-refractivity contribution in [3.8, 4) is 16.9 Å². The van der Waals surface area contributed by atoms with E-state index < -0.39 is 0 Å². The van der Waals surface area contributed by atoms with E-state index in [4.69, 9.17) is 4.74 Å². The van der Waals surface area contributed by atoms with Gasteiger partial charge in [0.05, 0.1) is 11.2 Å². The molecule has 1 atom stereocenters. The van der Waals surface area contributed by atoms with Crippen LogP contribution >= 0.6 is 11.3 Å². The minimum Gasteiger partial charge on any atom is -0.492 e. The van der Waals surface area contributed by atoms with Crippen LogP contribution in [0, 0.1) is 12.7 Å². The Labute approximate surface area is 157 Å². The van der Waals surface area contributed by atoms with Crippen LogP contribution < -0.4 is 4.74 Å². The molecule has 1 aliphatic heterocycles. The number of aryl methyl sites for hydroxylation is 1. The van der Waals surface area contributed by atoms with E-state index in [0.717, 1.165) is 41.2 Å². The molecule has 0 saturated carbocycles. The molecule has 0 N–H and O–H groups in total. The Kier molecular flexibility index (Phi) is 4.74. The highest BCUT2D eigenvalue weighted by Gasteiger charge is 2.23. The molecule has 1 aromatic heterocycles. The molecule has 0 fully saturated rings. The maximum absolute atomic E-state index is 13.6. The van der Waals surface area contributed by atoms with Gasteiger partial charge >= 0.3 is 0 Å². The first-order chi connectivity index (χ1) is 12.6. The van der Waals surface area contributed by atoms with Crippen LogP contribution in [0.15, 0.2) is 48.0 Å². The molecule has 0 spiro atoms. The summed E-state index contributed by atoms with van der Waals surface area (Å²) in [4.78, 5) is 8.07. The van der Waals surface area contributed by atoms with Crippen LogP contribution in [-0.4, -0.2) is 22.5 Å². The second kappa shape index (κ2) is 7.17. The molecule has 1 aliphatic rings. The summed E-state index contributed by atoms with van der Waals surface area (Å²) >= 11 is 1.70. The normalized spacial score (nSPS) is 17.4. The van der Waals surface area contributed by atoms with Crippen molar-refractivity contribution in [1.29, 1.82) is 0 Å². The molecule has 2 heterocycles. The molecule has 0 saturated heterocycles. The quantitative estimate of drug-likeness (QED) is 0.647. The maximum Gasteiger partial charge on any atom is 0.123 e. The Bertz CT molecular complexity index is 924. The summed E-state index contributed by atoms with van der Waals surface area (Å²) in [5.74, 6) is 0.699. The van der Waals surface area contributed by atoms with Gasteiger partial charge in [-0.05, 0) is 49.2 Å². The first kappa shape index (κ1) is 17.2. The van der Waals surface area contributed by atoms with Gasteiger partial charge in [-0.3, -0.25) is 4.90 Å². The number of halogens is 1. The van der Waals surface area contributed by atoms with Crippen LogP contribution in [0.3, 0.4) is 0 Å². The predicted octanol–water partition coefficient (Wildman–Crippen LogP) is 5.04. The van der Waals surface area contributed by atoms with Gasteiger partial charge in [-0.2, -0.15) is 0 Å². The third-order valence-electron chi connectivity index (χ3n) is 4.89. The molecule has 2 aromatic carbocycles. The summed E-state index contributed by atoms with van der Waals surface area (Å²) in [6.45, 7) is 6.57. The smallest absolute Gasteiger partial charge is 0.123 e. The largest absolute Gasteiger partial charge is 0.492 e. The van der Waals surface area contributed by atoms with Gasteiger partial charge in [0.15, 0.2) is 0 Å². The topological polar surface area (TPSA) is 25.4 Å². The van der Waals surface area contributed by atoms with Crippen molar-refractivity contribution >= 4 is 11.3 Å². The maximum atomic E-state index is 13.6. The highest BCUT2D eigenvalue weighted by molar-refractivity contribution is 7.09. The van der Waals surface area contributed by atoms with Gasteiger partial charge in [0, 0.05) is 29.6 Å². The van der Waals surface area contributed by atoms with Crippen LogP contribution in [0.4, 0.5) is 4.39 Å². The Morgan fingerprint density at radius 1 is 1.23 bits per heavy atom. The number of benzene rings is 2. The summed E-state index contributed by atoms with van der Waals surface area (Å²) < 4.78 is 19.6. The number of nitrogens with zero attached hydrogens (tertiary/aromatic N) is 2. The van der Waals surface area contributed by atoms with Crippen molar-refractivity contribution in [2.75, 3.05) is 6.61 Å². The Hall–Kier alpha value is -2.24. The highest BCUT2D eigenvalue weighted by atomic mass is 32.1. The van der Waals surface area contributed by atoms with Crippen LogP contribution in [0.25, 0.3) is 11.1 Å². The third kappa shape index (κ3) is 3.50. The Balaban J connectivity index is 1.64. The second-order valence-corrected chi connectivity index (χ2v) is 7.70. The zero-order valence-electron chi connectivity index (χ0n) is 14.9. The molecule has 0 amide bonds. The third-order valence-corrected chi connectivity index (χ3v) is 5.81. The fourth-order valence-corrected chi connectivity index (χ4v) is 4.06. The standard InChI is InChI=1S/C21H21FN2OS/c1-14-12-25-20-7-6-17(16-4-3-5-19(22)9-16)8-18(20)10-24(14)11-21-15(2)23-13-26-21/h3-9,13-14H,10-12H2,1-2H3/t14-/m0/s1. The molecule has 26 heavy (non-hydrogen) atoms. The SMILES string of the molecule is Cc1ncsc1CN1Cc2cc(-c3cccc(F)c3)ccc2OC[C@@H]1C. The zero-order valence-corrected chi connectivity index (χ0v) is 15.7. The number of hydrogen-bond acceptors (Lipinski definition) is 4. The molecule has 4 rings (SSSR count). The van der Waals surface area contributed by atoms with E-state index in [0.29, 0.717) is 12.6 Å². The molecule has 0 aliphatic carbocycles. The van der Waals surface area contributed by atoms with E-state index in [1.54, 1.807) is 23.5 Å². The fourth-order valence-electron chi connectivity index (χ4n) is 3.26. The summed E-state index contributed by atoms with van der Waals surface area (Å²) in [6, 6.07) is 13.1. The van der Waals surface area contributed by atoms with Gasteiger partial charge in [-0.15, -0.1) is 11.3 Å². The summed E-state index contributed by atoms with van der Waals surface area (Å²) in [7, 11) is 0. The van der Waals surface area contributed by atoms with Crippen molar-refractivity contribution in [3.05, 3.63) is 69.9 Å². The van der Waals surface area contributed by atoms with Gasteiger partial charge in [-0.25, -0.2) is 9.37 Å². The van der Waals surface area contributed by atoms with Gasteiger partial charge in [0.25, 0.3) is 0 Å². The lowest BCUT2D eigenvalue weighted by Gasteiger charge is -2.25. The lowest BCUT2D eigenvalue weighted by atomic mass is 10.0. The van der Waals surface area contributed by atoms with E-state index in [2.05, 4.69) is 29.8 Å². The molecule has 0 radical (unpaired) electrons. The first-order valence-electron chi connectivity index (χ1n) is 8.75. The van der Waals surface area contributed by atoms with Crippen molar-refractivity contribution in [3.63, 3.8) is 0 Å². The van der Waals surface area contributed by atoms with Crippen LogP contribution in [-0.2, 0) is 13.1 Å². The van der Waals surface area contributed by atoms with Gasteiger partial charge in [-0.1, -0.05) is 18.2 Å². The molecule has 3 aromatic rings. The minimum atomic E-state index is -0.218. The fraction of sp³-hybridized carbons (Fsp3) is 0.286. The zero-order chi connectivity index (χ0) is 18.1. The lowest BCUT2D eigenvalue weighted by molar-refractivity contribution is 0.152. The average Bonchev–Trinajstić information content (AvgIpc) is 2.96. The summed E-state index contributed by atoms with van der Waals surface area (Å²) in [5, 5.41) is 0. The number of rotatable bonds is 3. The summed E-state index contributed by atoms with van der Waals surface area (Å²) in [6.07, 6.45) is 0. The molecule has 0 unspecified atom stereocenters. The van der Waals surface area contributed by atoms with Crippen molar-refractivity contribution in [1.82, 2.24) is 9.88 Å². The Morgan fingerprint density at radius 2 is 2.08 bits per heavy atom. The van der Waals surface area contributed by atoms with E-state index in [-0.39, 0.29) is 5.82 Å². The van der Waals surface area contributed by atoms with E-state index in [1.165, 1.54) is 10.9 Å². The summed E-state index contributed by atoms with van der Waals surface area (Å²) in [5.41, 5.74) is 6.03. The molecule has 5 heteroatoms. The Morgan fingerprint density at radius 3 is 2.85 bits per heavy atom. The van der Waals surface area contributed by atoms with Crippen molar-refractivity contribution in [2.45, 2.75) is 33.0 Å². The number of fused-ring (bicyclic) bond motifs is 1. The number of thiazole rings is 1. The monoisotopic (exact) mass is 368 g/mol. The highest BCUT2D eigenvalue weighted by Crippen LogP contribution is 2.31. The first-order valence-corrected chi connectivity index (χ1v) is 9.63. The molecular formula is C21H21FN2OS. The van der Waals surface area contributed by atoms with E-state index >= 15 is 0 Å². The minimum absolute atomic E-state index is 0.218. The van der Waals surface area contributed by atoms with Crippen LogP contribution in [0.1, 0.15) is 23.1 Å². The number of aromatic nitrogens is 1. The van der Waals surface area contributed by atoms with E-state index in [9.17, 15) is 4.39 Å². The molecule has 0 bridgehead atoms. The molecule has 134 valence electrons.